The number of unbranched alkanes of at least 4 members (excludes halogenated alkanes) is 3. The quantitative estimate of drug-likeness (QED) is 0.425. The summed E-state index contributed by atoms with van der Waals surface area (Å²) in [4.78, 5) is 10.8. The number of methoxy groups -OCH3 is 1. The maximum atomic E-state index is 10.8. The van der Waals surface area contributed by atoms with Crippen LogP contribution in [0.1, 0.15) is 38.2 Å². The fourth-order valence-electron chi connectivity index (χ4n) is 1.74. The van der Waals surface area contributed by atoms with Crippen LogP contribution < -0.4 is 4.74 Å². The van der Waals surface area contributed by atoms with Crippen LogP contribution in [-0.4, -0.2) is 24.8 Å². The maximum Gasteiger partial charge on any atom is 0.371 e. The molecule has 0 unspecified atom stereocenters. The van der Waals surface area contributed by atoms with Gasteiger partial charge in [0.05, 0.1) is 13.7 Å². The van der Waals surface area contributed by atoms with Crippen molar-refractivity contribution in [3.05, 3.63) is 35.6 Å². The van der Waals surface area contributed by atoms with Gasteiger partial charge in [0.15, 0.2) is 0 Å². The normalized spacial score (nSPS) is 11.2. The van der Waals surface area contributed by atoms with E-state index in [1.54, 1.807) is 0 Å². The molecule has 0 fully saturated rings. The summed E-state index contributed by atoms with van der Waals surface area (Å²) in [5.41, 5.74) is 0.766. The molecule has 0 heterocycles. The zero-order valence-corrected chi connectivity index (χ0v) is 12.1. The number of benzene rings is 1. The number of carboxylic acid groups (broad SMARTS) is 1. The summed E-state index contributed by atoms with van der Waals surface area (Å²) in [5, 5.41) is 8.86. The number of ether oxygens (including phenoxy) is 2. The Hall–Kier alpha value is -1.97. The van der Waals surface area contributed by atoms with Gasteiger partial charge < -0.3 is 14.6 Å². The lowest BCUT2D eigenvalue weighted by atomic mass is 10.2. The van der Waals surface area contributed by atoms with Crippen LogP contribution in [0, 0.1) is 0 Å². The third-order valence-electron chi connectivity index (χ3n) is 2.88. The van der Waals surface area contributed by atoms with E-state index in [0.717, 1.165) is 17.7 Å². The number of hydrogen-bond donors (Lipinski definition) is 1. The van der Waals surface area contributed by atoms with Crippen LogP contribution in [0.5, 0.6) is 5.75 Å². The van der Waals surface area contributed by atoms with Gasteiger partial charge in [-0.3, -0.25) is 0 Å². The van der Waals surface area contributed by atoms with Gasteiger partial charge in [0.25, 0.3) is 0 Å². The van der Waals surface area contributed by atoms with E-state index < -0.39 is 5.97 Å². The van der Waals surface area contributed by atoms with Gasteiger partial charge in [-0.05, 0) is 30.2 Å². The Morgan fingerprint density at radius 1 is 1.20 bits per heavy atom. The predicted molar refractivity (Wildman–Crippen MR) is 78.7 cm³/mol. The molecule has 1 N–H and O–H groups in total. The Morgan fingerprint density at radius 3 is 2.45 bits per heavy atom. The first kappa shape index (κ1) is 16.1. The molecule has 0 saturated carbocycles. The highest BCUT2D eigenvalue weighted by Crippen LogP contribution is 2.15. The fraction of sp³-hybridized carbons (Fsp3) is 0.438. The van der Waals surface area contributed by atoms with Crippen LogP contribution in [0.3, 0.4) is 0 Å². The van der Waals surface area contributed by atoms with Gasteiger partial charge in [0.2, 0.25) is 5.76 Å². The first-order chi connectivity index (χ1) is 9.67. The molecule has 0 saturated heterocycles. The van der Waals surface area contributed by atoms with Crippen LogP contribution in [0.25, 0.3) is 6.08 Å². The first-order valence-corrected chi connectivity index (χ1v) is 6.89. The molecule has 0 aliphatic rings. The lowest BCUT2D eigenvalue weighted by Gasteiger charge is -2.06. The molecule has 0 amide bonds. The average Bonchev–Trinajstić information content (AvgIpc) is 2.45. The third-order valence-corrected chi connectivity index (χ3v) is 2.88. The van der Waals surface area contributed by atoms with Gasteiger partial charge in [0, 0.05) is 0 Å². The summed E-state index contributed by atoms with van der Waals surface area (Å²) in [6.45, 7) is 2.89. The minimum absolute atomic E-state index is 0.0850. The highest BCUT2D eigenvalue weighted by atomic mass is 16.5. The first-order valence-electron chi connectivity index (χ1n) is 6.89. The summed E-state index contributed by atoms with van der Waals surface area (Å²) in [6, 6.07) is 7.29. The van der Waals surface area contributed by atoms with Crippen molar-refractivity contribution in [3.63, 3.8) is 0 Å². The molecule has 1 aromatic rings. The van der Waals surface area contributed by atoms with E-state index in [1.165, 1.54) is 32.4 Å². The molecule has 0 aliphatic heterocycles. The monoisotopic (exact) mass is 278 g/mol. The van der Waals surface area contributed by atoms with E-state index in [-0.39, 0.29) is 5.76 Å². The topological polar surface area (TPSA) is 55.8 Å². The predicted octanol–water partition coefficient (Wildman–Crippen LogP) is 3.72. The van der Waals surface area contributed by atoms with Crippen molar-refractivity contribution in [2.24, 2.45) is 0 Å². The van der Waals surface area contributed by atoms with E-state index in [1.807, 2.05) is 24.3 Å². The standard InChI is InChI=1S/C16H22O4/c1-3-4-5-6-11-20-14-9-7-13(8-10-14)12-15(19-2)16(17)18/h7-10,12H,3-6,11H2,1-2H3,(H,17,18). The van der Waals surface area contributed by atoms with E-state index >= 15 is 0 Å². The van der Waals surface area contributed by atoms with Gasteiger partial charge in [-0.2, -0.15) is 0 Å². The van der Waals surface area contributed by atoms with E-state index in [9.17, 15) is 4.79 Å². The molecule has 0 radical (unpaired) electrons. The minimum Gasteiger partial charge on any atom is -0.494 e. The van der Waals surface area contributed by atoms with Gasteiger partial charge in [-0.15, -0.1) is 0 Å². The van der Waals surface area contributed by atoms with Crippen LogP contribution in [0.15, 0.2) is 30.0 Å². The second-order valence-electron chi connectivity index (χ2n) is 4.50. The molecule has 4 heteroatoms. The second-order valence-corrected chi connectivity index (χ2v) is 4.50. The number of rotatable bonds is 9. The molecule has 0 bridgehead atoms. The maximum absolute atomic E-state index is 10.8. The fourth-order valence-corrected chi connectivity index (χ4v) is 1.74. The van der Waals surface area contributed by atoms with Gasteiger partial charge >= 0.3 is 5.97 Å². The van der Waals surface area contributed by atoms with Crippen molar-refractivity contribution in [2.75, 3.05) is 13.7 Å². The Morgan fingerprint density at radius 2 is 1.90 bits per heavy atom. The molecular formula is C16H22O4. The zero-order valence-electron chi connectivity index (χ0n) is 12.1. The Labute approximate surface area is 120 Å². The number of carboxylic acids is 1. The average molecular weight is 278 g/mol. The summed E-state index contributed by atoms with van der Waals surface area (Å²) >= 11 is 0. The molecule has 0 aromatic heterocycles. The molecule has 20 heavy (non-hydrogen) atoms. The van der Waals surface area contributed by atoms with Crippen LogP contribution >= 0.6 is 0 Å². The molecule has 0 spiro atoms. The molecule has 110 valence electrons. The molecule has 4 nitrogen and oxygen atoms in total. The Kier molecular flexibility index (Phi) is 7.25. The lowest BCUT2D eigenvalue weighted by molar-refractivity contribution is -0.135. The zero-order chi connectivity index (χ0) is 14.8. The number of aliphatic carboxylic acids is 1. The molecule has 0 aliphatic carbocycles. The highest BCUT2D eigenvalue weighted by molar-refractivity contribution is 5.89. The Balaban J connectivity index is 2.50. The van der Waals surface area contributed by atoms with Crippen molar-refractivity contribution < 1.29 is 19.4 Å². The van der Waals surface area contributed by atoms with E-state index in [4.69, 9.17) is 14.6 Å². The van der Waals surface area contributed by atoms with Gasteiger partial charge in [0.1, 0.15) is 5.75 Å². The number of carbonyl (C=O) groups is 1. The highest BCUT2D eigenvalue weighted by Gasteiger charge is 2.06. The lowest BCUT2D eigenvalue weighted by Crippen LogP contribution is -2.02. The van der Waals surface area contributed by atoms with Crippen LogP contribution in [0.4, 0.5) is 0 Å². The van der Waals surface area contributed by atoms with Gasteiger partial charge in [-0.25, -0.2) is 4.79 Å². The van der Waals surface area contributed by atoms with E-state index in [0.29, 0.717) is 6.61 Å². The van der Waals surface area contributed by atoms with Crippen molar-refractivity contribution in [3.8, 4) is 5.75 Å². The van der Waals surface area contributed by atoms with Crippen molar-refractivity contribution in [1.82, 2.24) is 0 Å². The van der Waals surface area contributed by atoms with Crippen molar-refractivity contribution in [1.29, 1.82) is 0 Å². The second kappa shape index (κ2) is 9.02. The van der Waals surface area contributed by atoms with Crippen LogP contribution in [-0.2, 0) is 9.53 Å². The summed E-state index contributed by atoms with van der Waals surface area (Å²) < 4.78 is 10.4. The summed E-state index contributed by atoms with van der Waals surface area (Å²) in [7, 11) is 1.34. The minimum atomic E-state index is -1.08. The van der Waals surface area contributed by atoms with Gasteiger partial charge in [-0.1, -0.05) is 38.3 Å². The van der Waals surface area contributed by atoms with Crippen LogP contribution in [0.2, 0.25) is 0 Å². The largest absolute Gasteiger partial charge is 0.494 e. The SMILES string of the molecule is CCCCCCOc1ccc(C=C(OC)C(=O)O)cc1. The molecule has 1 rings (SSSR count). The third kappa shape index (κ3) is 5.78. The number of hydrogen-bond acceptors (Lipinski definition) is 3. The smallest absolute Gasteiger partial charge is 0.371 e. The van der Waals surface area contributed by atoms with Crippen molar-refractivity contribution >= 4 is 12.0 Å². The van der Waals surface area contributed by atoms with E-state index in [2.05, 4.69) is 6.92 Å². The molecular weight excluding hydrogens is 256 g/mol. The summed E-state index contributed by atoms with van der Waals surface area (Å²) in [6.07, 6.45) is 6.18. The molecule has 0 atom stereocenters. The molecule has 1 aromatic carbocycles. The Bertz CT molecular complexity index is 434. The summed E-state index contributed by atoms with van der Waals surface area (Å²) in [5.74, 6) is -0.366. The van der Waals surface area contributed by atoms with Crippen molar-refractivity contribution in [2.45, 2.75) is 32.6 Å².